The molecule has 0 saturated carbocycles. The molecule has 5 heteroatoms. The van der Waals surface area contributed by atoms with Crippen molar-refractivity contribution < 1.29 is 14.7 Å². The standard InChI is InChI=1S/C21H32N2O3/c1-2-22-21(26)19(24)18-15-9-7-5-3-4-6-8-12-16-13-10-11-14-17(16)20(25)23-18/h10-11,13-14,18-19,24H,2-9,12,15H2,1H3,(H,22,26)(H,23,25)/t18-,19?/m0/s1. The average Bonchev–Trinajstić information content (AvgIpc) is 2.65. The minimum Gasteiger partial charge on any atom is -0.381 e. The molecule has 3 N–H and O–H groups in total. The second-order valence-electron chi connectivity index (χ2n) is 7.09. The Morgan fingerprint density at radius 1 is 1.15 bits per heavy atom. The highest BCUT2D eigenvalue weighted by Gasteiger charge is 2.27. The zero-order valence-corrected chi connectivity index (χ0v) is 15.8. The summed E-state index contributed by atoms with van der Waals surface area (Å²) in [7, 11) is 0. The Kier molecular flexibility index (Phi) is 8.62. The van der Waals surface area contributed by atoms with Crippen molar-refractivity contribution in [3.8, 4) is 0 Å². The Balaban J connectivity index is 2.17. The lowest BCUT2D eigenvalue weighted by Gasteiger charge is -2.24. The Morgan fingerprint density at radius 2 is 1.81 bits per heavy atom. The zero-order valence-electron chi connectivity index (χ0n) is 15.8. The molecule has 1 unspecified atom stereocenters. The van der Waals surface area contributed by atoms with Gasteiger partial charge in [0.1, 0.15) is 0 Å². The molecule has 2 rings (SSSR count). The van der Waals surface area contributed by atoms with Gasteiger partial charge in [0, 0.05) is 12.1 Å². The summed E-state index contributed by atoms with van der Waals surface area (Å²) >= 11 is 0. The topological polar surface area (TPSA) is 78.4 Å². The SMILES string of the molecule is CCNC(=O)C(O)[C@@H]1CCCCCCCCCc2ccccc2C(=O)N1. The number of aliphatic hydroxyl groups excluding tert-OH is 1. The van der Waals surface area contributed by atoms with Crippen molar-refractivity contribution in [2.75, 3.05) is 6.54 Å². The number of hydrogen-bond donors (Lipinski definition) is 3. The van der Waals surface area contributed by atoms with Gasteiger partial charge in [-0.2, -0.15) is 0 Å². The molecule has 0 radical (unpaired) electrons. The molecule has 1 aromatic carbocycles. The van der Waals surface area contributed by atoms with Gasteiger partial charge in [0.2, 0.25) is 0 Å². The van der Waals surface area contributed by atoms with Gasteiger partial charge in [0.15, 0.2) is 6.10 Å². The fraction of sp³-hybridized carbons (Fsp3) is 0.619. The van der Waals surface area contributed by atoms with Gasteiger partial charge in [-0.05, 0) is 37.8 Å². The van der Waals surface area contributed by atoms with E-state index in [2.05, 4.69) is 10.6 Å². The van der Waals surface area contributed by atoms with Gasteiger partial charge in [0.25, 0.3) is 11.8 Å². The summed E-state index contributed by atoms with van der Waals surface area (Å²) in [5.74, 6) is -0.627. The Morgan fingerprint density at radius 3 is 2.54 bits per heavy atom. The largest absolute Gasteiger partial charge is 0.381 e. The van der Waals surface area contributed by atoms with Crippen LogP contribution in [0.3, 0.4) is 0 Å². The van der Waals surface area contributed by atoms with Crippen LogP contribution in [0.4, 0.5) is 0 Å². The fourth-order valence-electron chi connectivity index (χ4n) is 3.54. The maximum absolute atomic E-state index is 12.8. The number of benzene rings is 1. The number of carbonyl (C=O) groups is 2. The molecule has 1 aliphatic rings. The molecule has 0 aliphatic carbocycles. The van der Waals surface area contributed by atoms with Gasteiger partial charge in [-0.1, -0.05) is 56.7 Å². The minimum absolute atomic E-state index is 0.203. The quantitative estimate of drug-likeness (QED) is 0.775. The molecule has 2 atom stereocenters. The summed E-state index contributed by atoms with van der Waals surface area (Å²) < 4.78 is 0. The number of rotatable bonds is 3. The molecule has 1 aromatic rings. The summed E-state index contributed by atoms with van der Waals surface area (Å²) in [6, 6.07) is 7.07. The smallest absolute Gasteiger partial charge is 0.251 e. The number of amides is 2. The van der Waals surface area contributed by atoms with Crippen molar-refractivity contribution in [2.24, 2.45) is 0 Å². The number of aryl methyl sites for hydroxylation is 1. The second kappa shape index (κ2) is 11.0. The van der Waals surface area contributed by atoms with Crippen molar-refractivity contribution in [1.29, 1.82) is 0 Å². The lowest BCUT2D eigenvalue weighted by atomic mass is 9.96. The molecule has 144 valence electrons. The molecule has 0 saturated heterocycles. The van der Waals surface area contributed by atoms with Crippen molar-refractivity contribution in [2.45, 2.75) is 76.9 Å². The zero-order chi connectivity index (χ0) is 18.8. The normalized spacial score (nSPS) is 21.0. The van der Waals surface area contributed by atoms with Crippen LogP contribution in [0.15, 0.2) is 24.3 Å². The molecule has 0 spiro atoms. The molecule has 1 aliphatic heterocycles. The highest BCUT2D eigenvalue weighted by molar-refractivity contribution is 5.96. The van der Waals surface area contributed by atoms with Gasteiger partial charge >= 0.3 is 0 Å². The third-order valence-corrected chi connectivity index (χ3v) is 5.04. The first-order valence-electron chi connectivity index (χ1n) is 9.98. The summed E-state index contributed by atoms with van der Waals surface area (Å²) in [6.45, 7) is 2.27. The summed E-state index contributed by atoms with van der Waals surface area (Å²) in [4.78, 5) is 24.9. The minimum atomic E-state index is -1.22. The maximum atomic E-state index is 12.8. The molecule has 0 fully saturated rings. The first-order valence-corrected chi connectivity index (χ1v) is 9.98. The summed E-state index contributed by atoms with van der Waals surface area (Å²) in [5.41, 5.74) is 1.69. The Hall–Kier alpha value is -1.88. The van der Waals surface area contributed by atoms with E-state index in [4.69, 9.17) is 0 Å². The van der Waals surface area contributed by atoms with Crippen LogP contribution in [-0.4, -0.2) is 35.6 Å². The predicted octanol–water partition coefficient (Wildman–Crippen LogP) is 2.96. The van der Waals surface area contributed by atoms with E-state index < -0.39 is 18.1 Å². The van der Waals surface area contributed by atoms with E-state index in [1.807, 2.05) is 31.2 Å². The number of hydrogen-bond acceptors (Lipinski definition) is 3. The maximum Gasteiger partial charge on any atom is 0.251 e. The van der Waals surface area contributed by atoms with Crippen LogP contribution in [0.1, 0.15) is 74.2 Å². The fourth-order valence-corrected chi connectivity index (χ4v) is 3.54. The van der Waals surface area contributed by atoms with E-state index >= 15 is 0 Å². The molecular weight excluding hydrogens is 328 g/mol. The molecule has 2 amide bonds. The number of likely N-dealkylation sites (N-methyl/N-ethyl adjacent to an activating group) is 1. The molecule has 0 aromatic heterocycles. The van der Waals surface area contributed by atoms with Gasteiger partial charge in [-0.25, -0.2) is 0 Å². The molecule has 1 heterocycles. The van der Waals surface area contributed by atoms with Crippen molar-refractivity contribution in [3.63, 3.8) is 0 Å². The lowest BCUT2D eigenvalue weighted by Crippen LogP contribution is -2.50. The Bertz CT molecular complexity index is 588. The Labute approximate surface area is 156 Å². The third-order valence-electron chi connectivity index (χ3n) is 5.04. The van der Waals surface area contributed by atoms with Crippen LogP contribution in [0.25, 0.3) is 0 Å². The second-order valence-corrected chi connectivity index (χ2v) is 7.09. The van der Waals surface area contributed by atoms with Crippen LogP contribution in [-0.2, 0) is 11.2 Å². The van der Waals surface area contributed by atoms with E-state index in [9.17, 15) is 14.7 Å². The van der Waals surface area contributed by atoms with Crippen LogP contribution in [0.5, 0.6) is 0 Å². The van der Waals surface area contributed by atoms with Crippen LogP contribution in [0.2, 0.25) is 0 Å². The summed E-state index contributed by atoms with van der Waals surface area (Å²) in [6.07, 6.45) is 8.08. The van der Waals surface area contributed by atoms with Crippen LogP contribution in [0, 0.1) is 0 Å². The third kappa shape index (κ3) is 6.13. The van der Waals surface area contributed by atoms with Gasteiger partial charge in [-0.3, -0.25) is 9.59 Å². The first kappa shape index (κ1) is 20.4. The highest BCUT2D eigenvalue weighted by atomic mass is 16.3. The van der Waals surface area contributed by atoms with E-state index in [1.165, 1.54) is 19.3 Å². The highest BCUT2D eigenvalue weighted by Crippen LogP contribution is 2.17. The van der Waals surface area contributed by atoms with E-state index in [0.29, 0.717) is 18.5 Å². The van der Waals surface area contributed by atoms with Gasteiger partial charge in [-0.15, -0.1) is 0 Å². The van der Waals surface area contributed by atoms with Crippen molar-refractivity contribution in [1.82, 2.24) is 10.6 Å². The number of carbonyl (C=O) groups excluding carboxylic acids is 2. The number of fused-ring (bicyclic) bond motifs is 1. The predicted molar refractivity (Wildman–Crippen MR) is 103 cm³/mol. The van der Waals surface area contributed by atoms with E-state index in [0.717, 1.165) is 37.7 Å². The van der Waals surface area contributed by atoms with Gasteiger partial charge in [0.05, 0.1) is 6.04 Å². The van der Waals surface area contributed by atoms with E-state index in [-0.39, 0.29) is 5.91 Å². The van der Waals surface area contributed by atoms with Crippen molar-refractivity contribution in [3.05, 3.63) is 35.4 Å². The van der Waals surface area contributed by atoms with E-state index in [1.54, 1.807) is 0 Å². The van der Waals surface area contributed by atoms with Gasteiger partial charge < -0.3 is 15.7 Å². The number of aliphatic hydroxyl groups is 1. The molecule has 0 bridgehead atoms. The monoisotopic (exact) mass is 360 g/mol. The summed E-state index contributed by atoms with van der Waals surface area (Å²) in [5, 5.41) is 16.0. The lowest BCUT2D eigenvalue weighted by molar-refractivity contribution is -0.130. The first-order chi connectivity index (χ1) is 12.6. The van der Waals surface area contributed by atoms with Crippen LogP contribution >= 0.6 is 0 Å². The van der Waals surface area contributed by atoms with Crippen molar-refractivity contribution >= 4 is 11.8 Å². The molecular formula is C21H32N2O3. The van der Waals surface area contributed by atoms with Crippen LogP contribution < -0.4 is 10.6 Å². The number of nitrogens with one attached hydrogen (secondary N) is 2. The molecule has 26 heavy (non-hydrogen) atoms. The average molecular weight is 360 g/mol. The molecule has 5 nitrogen and oxygen atoms in total.